The summed E-state index contributed by atoms with van der Waals surface area (Å²) < 4.78 is 0. The van der Waals surface area contributed by atoms with Crippen molar-refractivity contribution in [3.8, 4) is 0 Å². The average molecular weight is 219 g/mol. The van der Waals surface area contributed by atoms with Crippen molar-refractivity contribution in [2.45, 2.75) is 44.8 Å². The van der Waals surface area contributed by atoms with E-state index < -0.39 is 6.23 Å². The number of benzene rings is 1. The minimum absolute atomic E-state index is 0.203. The first-order valence-electron chi connectivity index (χ1n) is 5.93. The molecule has 2 rings (SSSR count). The Morgan fingerprint density at radius 1 is 1.25 bits per heavy atom. The topological polar surface area (TPSA) is 46.2 Å². The SMILES string of the molecule is CC(C)(C)c1ccc(C2CC2C(N)O)cc1. The van der Waals surface area contributed by atoms with Crippen LogP contribution in [0.3, 0.4) is 0 Å². The zero-order valence-corrected chi connectivity index (χ0v) is 10.3. The van der Waals surface area contributed by atoms with E-state index in [9.17, 15) is 5.11 Å². The van der Waals surface area contributed by atoms with Crippen molar-refractivity contribution >= 4 is 0 Å². The number of hydrogen-bond acceptors (Lipinski definition) is 2. The molecular formula is C14H21NO. The second-order valence-electron chi connectivity index (χ2n) is 5.87. The van der Waals surface area contributed by atoms with E-state index in [1.165, 1.54) is 11.1 Å². The quantitative estimate of drug-likeness (QED) is 0.750. The normalized spacial score (nSPS) is 26.6. The van der Waals surface area contributed by atoms with Gasteiger partial charge in [0.05, 0.1) is 0 Å². The zero-order chi connectivity index (χ0) is 11.9. The van der Waals surface area contributed by atoms with Gasteiger partial charge in [-0.1, -0.05) is 45.0 Å². The van der Waals surface area contributed by atoms with Crippen LogP contribution in [0, 0.1) is 5.92 Å². The first-order chi connectivity index (χ1) is 7.39. The fraction of sp³-hybridized carbons (Fsp3) is 0.571. The molecule has 16 heavy (non-hydrogen) atoms. The Hall–Kier alpha value is -0.860. The highest BCUT2D eigenvalue weighted by Crippen LogP contribution is 2.48. The van der Waals surface area contributed by atoms with Crippen molar-refractivity contribution in [1.29, 1.82) is 0 Å². The Bertz CT molecular complexity index is 361. The van der Waals surface area contributed by atoms with Crippen LogP contribution in [-0.2, 0) is 5.41 Å². The monoisotopic (exact) mass is 219 g/mol. The van der Waals surface area contributed by atoms with Crippen LogP contribution in [0.2, 0.25) is 0 Å². The summed E-state index contributed by atoms with van der Waals surface area (Å²) in [6.45, 7) is 6.64. The highest BCUT2D eigenvalue weighted by atomic mass is 16.3. The minimum atomic E-state index is -0.660. The fourth-order valence-corrected chi connectivity index (χ4v) is 2.21. The Morgan fingerprint density at radius 2 is 1.81 bits per heavy atom. The summed E-state index contributed by atoms with van der Waals surface area (Å²) in [6.07, 6.45) is 0.360. The molecule has 0 heterocycles. The van der Waals surface area contributed by atoms with Crippen molar-refractivity contribution in [2.75, 3.05) is 0 Å². The maximum absolute atomic E-state index is 9.29. The molecule has 1 aromatic carbocycles. The smallest absolute Gasteiger partial charge is 0.105 e. The fourth-order valence-electron chi connectivity index (χ4n) is 2.21. The van der Waals surface area contributed by atoms with Gasteiger partial charge in [0.1, 0.15) is 6.23 Å². The van der Waals surface area contributed by atoms with Crippen molar-refractivity contribution in [3.63, 3.8) is 0 Å². The van der Waals surface area contributed by atoms with E-state index in [0.29, 0.717) is 5.92 Å². The summed E-state index contributed by atoms with van der Waals surface area (Å²) in [7, 11) is 0. The molecule has 2 nitrogen and oxygen atoms in total. The third-order valence-electron chi connectivity index (χ3n) is 3.48. The number of rotatable bonds is 2. The third kappa shape index (κ3) is 2.28. The van der Waals surface area contributed by atoms with E-state index in [1.54, 1.807) is 0 Å². The molecule has 0 bridgehead atoms. The lowest BCUT2D eigenvalue weighted by atomic mass is 9.86. The summed E-state index contributed by atoms with van der Waals surface area (Å²) in [5, 5.41) is 9.29. The average Bonchev–Trinajstić information content (AvgIpc) is 2.96. The molecule has 0 amide bonds. The van der Waals surface area contributed by atoms with E-state index in [1.807, 2.05) is 0 Å². The maximum atomic E-state index is 9.29. The third-order valence-corrected chi connectivity index (χ3v) is 3.48. The van der Waals surface area contributed by atoms with Gasteiger partial charge < -0.3 is 10.8 Å². The molecule has 2 heteroatoms. The molecule has 1 fully saturated rings. The first-order valence-corrected chi connectivity index (χ1v) is 5.93. The molecule has 3 unspecified atom stereocenters. The molecule has 0 spiro atoms. The lowest BCUT2D eigenvalue weighted by Gasteiger charge is -2.19. The van der Waals surface area contributed by atoms with Crippen LogP contribution in [0.1, 0.15) is 44.2 Å². The van der Waals surface area contributed by atoms with Crippen LogP contribution in [-0.4, -0.2) is 11.3 Å². The Kier molecular flexibility index (Phi) is 2.81. The van der Waals surface area contributed by atoms with Gasteiger partial charge in [0, 0.05) is 5.92 Å². The highest BCUT2D eigenvalue weighted by molar-refractivity contribution is 5.32. The van der Waals surface area contributed by atoms with Crippen LogP contribution in [0.15, 0.2) is 24.3 Å². The molecule has 88 valence electrons. The van der Waals surface area contributed by atoms with Gasteiger partial charge in [0.15, 0.2) is 0 Å². The summed E-state index contributed by atoms with van der Waals surface area (Å²) in [4.78, 5) is 0. The largest absolute Gasteiger partial charge is 0.379 e. The van der Waals surface area contributed by atoms with Crippen LogP contribution in [0.4, 0.5) is 0 Å². The molecule has 3 atom stereocenters. The molecule has 0 saturated heterocycles. The van der Waals surface area contributed by atoms with Gasteiger partial charge in [0.25, 0.3) is 0 Å². The molecule has 1 saturated carbocycles. The first kappa shape index (κ1) is 11.6. The highest BCUT2D eigenvalue weighted by Gasteiger charge is 2.41. The van der Waals surface area contributed by atoms with Crippen LogP contribution >= 0.6 is 0 Å². The van der Waals surface area contributed by atoms with Crippen molar-refractivity contribution in [2.24, 2.45) is 11.7 Å². The van der Waals surface area contributed by atoms with E-state index in [2.05, 4.69) is 45.0 Å². The second-order valence-corrected chi connectivity index (χ2v) is 5.87. The van der Waals surface area contributed by atoms with Gasteiger partial charge in [-0.05, 0) is 28.9 Å². The molecule has 1 aromatic rings. The maximum Gasteiger partial charge on any atom is 0.105 e. The number of aliphatic hydroxyl groups is 1. The van der Waals surface area contributed by atoms with Gasteiger partial charge in [-0.3, -0.25) is 0 Å². The molecule has 0 aromatic heterocycles. The molecule has 1 aliphatic carbocycles. The van der Waals surface area contributed by atoms with Gasteiger partial charge in [-0.2, -0.15) is 0 Å². The van der Waals surface area contributed by atoms with Crippen LogP contribution in [0.25, 0.3) is 0 Å². The summed E-state index contributed by atoms with van der Waals surface area (Å²) in [6, 6.07) is 8.72. The Balaban J connectivity index is 2.10. The predicted octanol–water partition coefficient (Wildman–Crippen LogP) is 2.36. The Morgan fingerprint density at radius 3 is 2.19 bits per heavy atom. The van der Waals surface area contributed by atoms with Gasteiger partial charge >= 0.3 is 0 Å². The van der Waals surface area contributed by atoms with E-state index in [4.69, 9.17) is 5.73 Å². The molecule has 3 N–H and O–H groups in total. The molecule has 0 radical (unpaired) electrons. The van der Waals surface area contributed by atoms with Crippen molar-refractivity contribution in [1.82, 2.24) is 0 Å². The van der Waals surface area contributed by atoms with Gasteiger partial charge in [-0.25, -0.2) is 0 Å². The number of nitrogens with two attached hydrogens (primary N) is 1. The van der Waals surface area contributed by atoms with Crippen LogP contribution < -0.4 is 5.73 Å². The van der Waals surface area contributed by atoms with Crippen LogP contribution in [0.5, 0.6) is 0 Å². The summed E-state index contributed by atoms with van der Waals surface area (Å²) >= 11 is 0. The summed E-state index contributed by atoms with van der Waals surface area (Å²) in [5.74, 6) is 0.731. The van der Waals surface area contributed by atoms with E-state index >= 15 is 0 Å². The molecule has 0 aliphatic heterocycles. The zero-order valence-electron chi connectivity index (χ0n) is 10.3. The van der Waals surface area contributed by atoms with Crippen molar-refractivity contribution in [3.05, 3.63) is 35.4 Å². The van der Waals surface area contributed by atoms with E-state index in [-0.39, 0.29) is 11.3 Å². The second kappa shape index (κ2) is 3.86. The Labute approximate surface area is 97.5 Å². The standard InChI is InChI=1S/C14H21NO/c1-14(2,3)10-6-4-9(5-7-10)11-8-12(11)13(15)16/h4-7,11-13,16H,8,15H2,1-3H3. The number of aliphatic hydroxyl groups excluding tert-OH is 1. The molecular weight excluding hydrogens is 198 g/mol. The lowest BCUT2D eigenvalue weighted by Crippen LogP contribution is -2.21. The van der Waals surface area contributed by atoms with E-state index in [0.717, 1.165) is 6.42 Å². The predicted molar refractivity (Wildman–Crippen MR) is 66.2 cm³/mol. The minimum Gasteiger partial charge on any atom is -0.379 e. The van der Waals surface area contributed by atoms with Crippen molar-refractivity contribution < 1.29 is 5.11 Å². The lowest BCUT2D eigenvalue weighted by molar-refractivity contribution is 0.156. The van der Waals surface area contributed by atoms with Gasteiger partial charge in [0.2, 0.25) is 0 Å². The summed E-state index contributed by atoms with van der Waals surface area (Å²) in [5.41, 5.74) is 8.34. The number of hydrogen-bond donors (Lipinski definition) is 2. The molecule has 1 aliphatic rings. The van der Waals surface area contributed by atoms with Gasteiger partial charge in [-0.15, -0.1) is 0 Å².